The third-order valence-electron chi connectivity index (χ3n) is 5.04. The molecule has 3 aromatic carbocycles. The van der Waals surface area contributed by atoms with Gasteiger partial charge in [-0.3, -0.25) is 0 Å². The SMILES string of the molecule is N#Cc1ccccc1N1CCN(S(=O)(=O)c2cccc3cccc(Cl)c23)CC1. The number of rotatable bonds is 3. The molecule has 1 aliphatic rings. The number of anilines is 1. The number of nitrogens with zero attached hydrogens (tertiary/aromatic N) is 3. The molecular weight excluding hydrogens is 394 g/mol. The largest absolute Gasteiger partial charge is 0.368 e. The number of hydrogen-bond acceptors (Lipinski definition) is 4. The van der Waals surface area contributed by atoms with Gasteiger partial charge in [-0.2, -0.15) is 9.57 Å². The molecule has 28 heavy (non-hydrogen) atoms. The number of para-hydroxylation sites is 1. The Morgan fingerprint density at radius 2 is 1.57 bits per heavy atom. The Labute approximate surface area is 169 Å². The van der Waals surface area contributed by atoms with Crippen molar-refractivity contribution in [1.29, 1.82) is 5.26 Å². The van der Waals surface area contributed by atoms with E-state index in [2.05, 4.69) is 11.0 Å². The van der Waals surface area contributed by atoms with Crippen molar-refractivity contribution in [2.45, 2.75) is 4.90 Å². The van der Waals surface area contributed by atoms with Gasteiger partial charge in [0, 0.05) is 36.6 Å². The fourth-order valence-corrected chi connectivity index (χ4v) is 5.63. The number of sulfonamides is 1. The minimum absolute atomic E-state index is 0.237. The lowest BCUT2D eigenvalue weighted by Crippen LogP contribution is -2.48. The molecule has 0 bridgehead atoms. The summed E-state index contributed by atoms with van der Waals surface area (Å²) in [4.78, 5) is 2.29. The fourth-order valence-electron chi connectivity index (χ4n) is 3.63. The lowest BCUT2D eigenvalue weighted by atomic mass is 10.1. The number of halogens is 1. The number of piperazine rings is 1. The van der Waals surface area contributed by atoms with E-state index in [1.165, 1.54) is 4.31 Å². The number of fused-ring (bicyclic) bond motifs is 1. The van der Waals surface area contributed by atoms with Crippen molar-refractivity contribution in [3.63, 3.8) is 0 Å². The Hall–Kier alpha value is -2.59. The van der Waals surface area contributed by atoms with Crippen LogP contribution in [0, 0.1) is 11.3 Å². The molecule has 1 heterocycles. The number of benzene rings is 3. The summed E-state index contributed by atoms with van der Waals surface area (Å²) >= 11 is 6.32. The van der Waals surface area contributed by atoms with Gasteiger partial charge in [-0.15, -0.1) is 0 Å². The van der Waals surface area contributed by atoms with E-state index < -0.39 is 10.0 Å². The molecule has 1 fully saturated rings. The van der Waals surface area contributed by atoms with E-state index in [1.807, 2.05) is 36.4 Å². The van der Waals surface area contributed by atoms with Crippen LogP contribution < -0.4 is 4.90 Å². The van der Waals surface area contributed by atoms with Gasteiger partial charge in [0.05, 0.1) is 16.1 Å². The van der Waals surface area contributed by atoms with Crippen molar-refractivity contribution in [3.8, 4) is 6.07 Å². The smallest absolute Gasteiger partial charge is 0.243 e. The molecular formula is C21H18ClN3O2S. The van der Waals surface area contributed by atoms with Crippen LogP contribution in [0.5, 0.6) is 0 Å². The van der Waals surface area contributed by atoms with E-state index in [-0.39, 0.29) is 4.90 Å². The Morgan fingerprint density at radius 1 is 0.893 bits per heavy atom. The van der Waals surface area contributed by atoms with Crippen molar-refractivity contribution >= 4 is 38.1 Å². The normalized spacial score (nSPS) is 15.5. The van der Waals surface area contributed by atoms with Crippen LogP contribution in [-0.2, 0) is 10.0 Å². The van der Waals surface area contributed by atoms with Gasteiger partial charge < -0.3 is 4.90 Å². The van der Waals surface area contributed by atoms with Crippen molar-refractivity contribution < 1.29 is 8.42 Å². The first-order valence-electron chi connectivity index (χ1n) is 8.94. The zero-order valence-corrected chi connectivity index (χ0v) is 16.6. The van der Waals surface area contributed by atoms with Crippen molar-refractivity contribution in [1.82, 2.24) is 4.31 Å². The van der Waals surface area contributed by atoms with Crippen LogP contribution in [-0.4, -0.2) is 38.9 Å². The minimum Gasteiger partial charge on any atom is -0.368 e. The highest BCUT2D eigenvalue weighted by molar-refractivity contribution is 7.89. The molecule has 0 unspecified atom stereocenters. The summed E-state index contributed by atoms with van der Waals surface area (Å²) in [6, 6.07) is 20.2. The average molecular weight is 412 g/mol. The summed E-state index contributed by atoms with van der Waals surface area (Å²) in [5, 5.41) is 11.1. The monoisotopic (exact) mass is 411 g/mol. The molecule has 7 heteroatoms. The van der Waals surface area contributed by atoms with Crippen LogP contribution in [0.2, 0.25) is 5.02 Å². The molecule has 1 aliphatic heterocycles. The Morgan fingerprint density at radius 3 is 2.29 bits per heavy atom. The molecule has 0 spiro atoms. The minimum atomic E-state index is -3.68. The molecule has 0 aliphatic carbocycles. The molecule has 3 aromatic rings. The standard InChI is InChI=1S/C21H18ClN3O2S/c22-18-8-3-6-16-7-4-10-20(21(16)18)28(26,27)25-13-11-24(12-14-25)19-9-2-1-5-17(19)15-23/h1-10H,11-14H2. The molecule has 0 aromatic heterocycles. The zero-order chi connectivity index (χ0) is 19.7. The van der Waals surface area contributed by atoms with Gasteiger partial charge in [0.2, 0.25) is 10.0 Å². The number of nitriles is 1. The molecule has 0 amide bonds. The first-order valence-corrected chi connectivity index (χ1v) is 10.8. The van der Waals surface area contributed by atoms with E-state index in [9.17, 15) is 13.7 Å². The maximum absolute atomic E-state index is 13.3. The summed E-state index contributed by atoms with van der Waals surface area (Å²) in [5.41, 5.74) is 1.44. The topological polar surface area (TPSA) is 64.4 Å². The first-order chi connectivity index (χ1) is 13.5. The third-order valence-corrected chi connectivity index (χ3v) is 7.29. The highest BCUT2D eigenvalue weighted by Crippen LogP contribution is 2.32. The van der Waals surface area contributed by atoms with E-state index in [0.29, 0.717) is 42.2 Å². The van der Waals surface area contributed by atoms with Crippen LogP contribution in [0.15, 0.2) is 65.6 Å². The lowest BCUT2D eigenvalue weighted by molar-refractivity contribution is 0.385. The summed E-state index contributed by atoms with van der Waals surface area (Å²) < 4.78 is 28.1. The van der Waals surface area contributed by atoms with E-state index in [1.54, 1.807) is 24.3 Å². The highest BCUT2D eigenvalue weighted by atomic mass is 35.5. The van der Waals surface area contributed by atoms with Crippen LogP contribution >= 0.6 is 11.6 Å². The van der Waals surface area contributed by atoms with E-state index in [0.717, 1.165) is 11.1 Å². The molecule has 0 N–H and O–H groups in total. The Balaban J connectivity index is 1.63. The van der Waals surface area contributed by atoms with Crippen molar-refractivity contribution in [3.05, 3.63) is 71.2 Å². The Bertz CT molecular complexity index is 1170. The van der Waals surface area contributed by atoms with Crippen LogP contribution in [0.25, 0.3) is 10.8 Å². The second-order valence-corrected chi connectivity index (χ2v) is 8.93. The lowest BCUT2D eigenvalue weighted by Gasteiger charge is -2.35. The van der Waals surface area contributed by atoms with Gasteiger partial charge in [0.1, 0.15) is 6.07 Å². The predicted octanol–water partition coefficient (Wildman–Crippen LogP) is 3.88. The molecule has 0 saturated carbocycles. The zero-order valence-electron chi connectivity index (χ0n) is 15.0. The summed E-state index contributed by atoms with van der Waals surface area (Å²) in [7, 11) is -3.68. The van der Waals surface area contributed by atoms with Crippen LogP contribution in [0.3, 0.4) is 0 Å². The molecule has 1 saturated heterocycles. The highest BCUT2D eigenvalue weighted by Gasteiger charge is 2.30. The van der Waals surface area contributed by atoms with Gasteiger partial charge in [0.25, 0.3) is 0 Å². The van der Waals surface area contributed by atoms with E-state index in [4.69, 9.17) is 11.6 Å². The quantitative estimate of drug-likeness (QED) is 0.656. The fraction of sp³-hybridized carbons (Fsp3) is 0.190. The van der Waals surface area contributed by atoms with Gasteiger partial charge in [-0.1, -0.05) is 48.0 Å². The summed E-state index contributed by atoms with van der Waals surface area (Å²) in [6.45, 7) is 1.75. The van der Waals surface area contributed by atoms with Gasteiger partial charge in [-0.25, -0.2) is 8.42 Å². The predicted molar refractivity (Wildman–Crippen MR) is 111 cm³/mol. The van der Waals surface area contributed by atoms with Crippen LogP contribution in [0.4, 0.5) is 5.69 Å². The number of hydrogen-bond donors (Lipinski definition) is 0. The molecule has 4 rings (SSSR count). The maximum atomic E-state index is 13.3. The average Bonchev–Trinajstić information content (AvgIpc) is 2.73. The van der Waals surface area contributed by atoms with E-state index >= 15 is 0 Å². The van der Waals surface area contributed by atoms with Crippen molar-refractivity contribution in [2.75, 3.05) is 31.1 Å². The van der Waals surface area contributed by atoms with Gasteiger partial charge >= 0.3 is 0 Å². The second-order valence-electron chi connectivity index (χ2n) is 6.61. The molecule has 5 nitrogen and oxygen atoms in total. The Kier molecular flexibility index (Phi) is 4.98. The van der Waals surface area contributed by atoms with Crippen LogP contribution in [0.1, 0.15) is 5.56 Å². The molecule has 142 valence electrons. The molecule has 0 atom stereocenters. The maximum Gasteiger partial charge on any atom is 0.243 e. The van der Waals surface area contributed by atoms with Gasteiger partial charge in [-0.05, 0) is 29.7 Å². The first kappa shape index (κ1) is 18.8. The van der Waals surface area contributed by atoms with Crippen molar-refractivity contribution in [2.24, 2.45) is 0 Å². The summed E-state index contributed by atoms with van der Waals surface area (Å²) in [6.07, 6.45) is 0. The molecule has 0 radical (unpaired) electrons. The third kappa shape index (κ3) is 3.22. The summed E-state index contributed by atoms with van der Waals surface area (Å²) in [5.74, 6) is 0. The second kappa shape index (κ2) is 7.44. The van der Waals surface area contributed by atoms with Gasteiger partial charge in [0.15, 0.2) is 0 Å².